The van der Waals surface area contributed by atoms with Gasteiger partial charge in [-0.2, -0.15) is 0 Å². The van der Waals surface area contributed by atoms with Gasteiger partial charge in [0.25, 0.3) is 5.91 Å². The van der Waals surface area contributed by atoms with Crippen molar-refractivity contribution in [3.63, 3.8) is 0 Å². The maximum Gasteiger partial charge on any atom is 0.251 e. The van der Waals surface area contributed by atoms with Crippen LogP contribution < -0.4 is 5.32 Å². The highest BCUT2D eigenvalue weighted by Gasteiger charge is 2.15. The molecule has 1 amide bonds. The number of imidazole rings is 1. The number of rotatable bonds is 6. The second-order valence-electron chi connectivity index (χ2n) is 5.60. The number of nitrogens with zero attached hydrogens (tertiary/aromatic N) is 3. The third kappa shape index (κ3) is 3.68. The van der Waals surface area contributed by atoms with Crippen molar-refractivity contribution >= 4 is 5.91 Å². The molecule has 5 nitrogen and oxygen atoms in total. The van der Waals surface area contributed by atoms with E-state index in [-0.39, 0.29) is 11.9 Å². The van der Waals surface area contributed by atoms with E-state index in [9.17, 15) is 4.79 Å². The number of amides is 1. The molecule has 0 spiro atoms. The van der Waals surface area contributed by atoms with Gasteiger partial charge in [0.05, 0.1) is 6.04 Å². The van der Waals surface area contributed by atoms with Gasteiger partial charge in [-0.1, -0.05) is 43.7 Å². The molecule has 0 aliphatic carbocycles. The van der Waals surface area contributed by atoms with Gasteiger partial charge in [0.1, 0.15) is 12.1 Å². The van der Waals surface area contributed by atoms with Gasteiger partial charge in [-0.3, -0.25) is 9.36 Å². The Balaban J connectivity index is 1.79. The first kappa shape index (κ1) is 15.9. The lowest BCUT2D eigenvalue weighted by Crippen LogP contribution is -2.28. The molecule has 0 bridgehead atoms. The third-order valence-corrected chi connectivity index (χ3v) is 3.86. The number of hydrogen-bond acceptors (Lipinski definition) is 3. The van der Waals surface area contributed by atoms with Crippen LogP contribution in [0.15, 0.2) is 67.4 Å². The fourth-order valence-corrected chi connectivity index (χ4v) is 2.63. The normalized spacial score (nSPS) is 11.9. The smallest absolute Gasteiger partial charge is 0.251 e. The molecule has 0 unspecified atom stereocenters. The maximum atomic E-state index is 12.7. The van der Waals surface area contributed by atoms with Crippen LogP contribution in [-0.2, 0) is 0 Å². The van der Waals surface area contributed by atoms with Gasteiger partial charge in [-0.15, -0.1) is 0 Å². The zero-order valence-corrected chi connectivity index (χ0v) is 13.6. The minimum atomic E-state index is -0.0962. The molecule has 2 heterocycles. The average Bonchev–Trinajstić information content (AvgIpc) is 3.17. The molecule has 0 saturated heterocycles. The molecule has 5 heteroatoms. The Labute approximate surface area is 141 Å². The van der Waals surface area contributed by atoms with Crippen molar-refractivity contribution in [1.29, 1.82) is 0 Å². The Bertz CT molecular complexity index is 784. The molecular weight excluding hydrogens is 300 g/mol. The lowest BCUT2D eigenvalue weighted by molar-refractivity contribution is 0.0934. The zero-order chi connectivity index (χ0) is 16.8. The molecule has 1 N–H and O–H groups in total. The van der Waals surface area contributed by atoms with Crippen LogP contribution in [0.2, 0.25) is 0 Å². The van der Waals surface area contributed by atoms with Crippen LogP contribution in [-0.4, -0.2) is 20.4 Å². The molecular formula is C19H20N4O. The lowest BCUT2D eigenvalue weighted by atomic mass is 10.0. The topological polar surface area (TPSA) is 59.8 Å². The van der Waals surface area contributed by atoms with Crippen LogP contribution in [0.25, 0.3) is 5.82 Å². The van der Waals surface area contributed by atoms with E-state index >= 15 is 0 Å². The minimum Gasteiger partial charge on any atom is -0.345 e. The summed E-state index contributed by atoms with van der Waals surface area (Å²) in [5.41, 5.74) is 1.71. The van der Waals surface area contributed by atoms with Gasteiger partial charge >= 0.3 is 0 Å². The van der Waals surface area contributed by atoms with Crippen LogP contribution >= 0.6 is 0 Å². The maximum absolute atomic E-state index is 12.7. The fraction of sp³-hybridized carbons (Fsp3) is 0.211. The number of benzene rings is 1. The molecule has 0 radical (unpaired) electrons. The van der Waals surface area contributed by atoms with Gasteiger partial charge in [-0.25, -0.2) is 9.97 Å². The van der Waals surface area contributed by atoms with E-state index in [1.165, 1.54) is 0 Å². The zero-order valence-electron chi connectivity index (χ0n) is 13.6. The fourth-order valence-electron chi connectivity index (χ4n) is 2.63. The molecule has 2 aromatic heterocycles. The summed E-state index contributed by atoms with van der Waals surface area (Å²) in [6, 6.07) is 13.6. The quantitative estimate of drug-likeness (QED) is 0.756. The predicted molar refractivity (Wildman–Crippen MR) is 92.9 cm³/mol. The van der Waals surface area contributed by atoms with Gasteiger partial charge < -0.3 is 5.32 Å². The first-order valence-electron chi connectivity index (χ1n) is 8.08. The molecule has 122 valence electrons. The summed E-state index contributed by atoms with van der Waals surface area (Å²) in [6.45, 7) is 2.12. The highest BCUT2D eigenvalue weighted by Crippen LogP contribution is 2.19. The van der Waals surface area contributed by atoms with Gasteiger partial charge in [0, 0.05) is 24.2 Å². The van der Waals surface area contributed by atoms with Gasteiger partial charge in [0.15, 0.2) is 0 Å². The summed E-state index contributed by atoms with van der Waals surface area (Å²) >= 11 is 0. The van der Waals surface area contributed by atoms with Crippen LogP contribution in [0.5, 0.6) is 0 Å². The molecule has 24 heavy (non-hydrogen) atoms. The van der Waals surface area contributed by atoms with Crippen molar-refractivity contribution in [3.05, 3.63) is 78.5 Å². The third-order valence-electron chi connectivity index (χ3n) is 3.86. The number of nitrogens with one attached hydrogen (secondary N) is 1. The number of pyridine rings is 1. The summed E-state index contributed by atoms with van der Waals surface area (Å²) in [6.07, 6.45) is 8.68. The van der Waals surface area contributed by atoms with E-state index in [2.05, 4.69) is 22.2 Å². The van der Waals surface area contributed by atoms with E-state index in [0.717, 1.165) is 18.4 Å². The summed E-state index contributed by atoms with van der Waals surface area (Å²) in [7, 11) is 0. The van der Waals surface area contributed by atoms with Gasteiger partial charge in [-0.05, 0) is 24.1 Å². The standard InChI is InChI=1S/C19H20N4O/c1-2-6-17(15-7-4-3-5-8-15)22-19(24)16-9-10-21-18(13-16)23-12-11-20-14-23/h3-5,7-14,17H,2,6H2,1H3,(H,22,24)/t17-/m0/s1. The van der Waals surface area contributed by atoms with Crippen molar-refractivity contribution in [1.82, 2.24) is 19.9 Å². The second-order valence-corrected chi connectivity index (χ2v) is 5.60. The van der Waals surface area contributed by atoms with Crippen molar-refractivity contribution < 1.29 is 4.79 Å². The molecule has 0 aliphatic heterocycles. The Hall–Kier alpha value is -2.95. The Morgan fingerprint density at radius 1 is 1.21 bits per heavy atom. The van der Waals surface area contributed by atoms with Crippen molar-refractivity contribution in [2.45, 2.75) is 25.8 Å². The summed E-state index contributed by atoms with van der Waals surface area (Å²) in [5.74, 6) is 0.577. The number of carbonyl (C=O) groups is 1. The largest absolute Gasteiger partial charge is 0.345 e. The Morgan fingerprint density at radius 3 is 2.75 bits per heavy atom. The monoisotopic (exact) mass is 320 g/mol. The van der Waals surface area contributed by atoms with Crippen LogP contribution in [0, 0.1) is 0 Å². The number of aromatic nitrogens is 3. The molecule has 3 aromatic rings. The minimum absolute atomic E-state index is 0.00793. The van der Waals surface area contributed by atoms with Crippen LogP contribution in [0.1, 0.15) is 41.7 Å². The summed E-state index contributed by atoms with van der Waals surface area (Å²) in [5, 5.41) is 3.13. The number of carbonyl (C=O) groups excluding carboxylic acids is 1. The van der Waals surface area contributed by atoms with Crippen molar-refractivity contribution in [2.75, 3.05) is 0 Å². The first-order valence-corrected chi connectivity index (χ1v) is 8.08. The van der Waals surface area contributed by atoms with E-state index < -0.39 is 0 Å². The SMILES string of the molecule is CCC[C@H](NC(=O)c1ccnc(-n2ccnc2)c1)c1ccccc1. The van der Waals surface area contributed by atoms with Crippen LogP contribution in [0.4, 0.5) is 0 Å². The highest BCUT2D eigenvalue weighted by molar-refractivity contribution is 5.94. The molecule has 1 aromatic carbocycles. The van der Waals surface area contributed by atoms with E-state index in [1.807, 2.05) is 30.3 Å². The Kier molecular flexibility index (Phi) is 5.01. The lowest BCUT2D eigenvalue weighted by Gasteiger charge is -2.19. The molecule has 0 fully saturated rings. The van der Waals surface area contributed by atoms with Crippen molar-refractivity contribution in [2.24, 2.45) is 0 Å². The second kappa shape index (κ2) is 7.55. The summed E-state index contributed by atoms with van der Waals surface area (Å²) in [4.78, 5) is 21.0. The molecule has 3 rings (SSSR count). The predicted octanol–water partition coefficient (Wildman–Crippen LogP) is 3.54. The first-order chi connectivity index (χ1) is 11.8. The molecule has 0 aliphatic rings. The Morgan fingerprint density at radius 2 is 2.04 bits per heavy atom. The van der Waals surface area contributed by atoms with Gasteiger partial charge in [0.2, 0.25) is 0 Å². The van der Waals surface area contributed by atoms with E-state index in [0.29, 0.717) is 11.4 Å². The highest BCUT2D eigenvalue weighted by atomic mass is 16.1. The van der Waals surface area contributed by atoms with Crippen molar-refractivity contribution in [3.8, 4) is 5.82 Å². The summed E-state index contributed by atoms with van der Waals surface area (Å²) < 4.78 is 1.78. The number of hydrogen-bond donors (Lipinski definition) is 1. The van der Waals surface area contributed by atoms with E-state index in [4.69, 9.17) is 0 Å². The van der Waals surface area contributed by atoms with Crippen LogP contribution in [0.3, 0.4) is 0 Å². The average molecular weight is 320 g/mol. The molecule has 0 saturated carbocycles. The van der Waals surface area contributed by atoms with E-state index in [1.54, 1.807) is 41.6 Å². The molecule has 1 atom stereocenters.